The van der Waals surface area contributed by atoms with Gasteiger partial charge in [-0.1, -0.05) is 6.92 Å². The standard InChI is InChI=1S/C18H27N3O3/c1-13-5-8-21(9-6-13)12-16(22)20-15-7-10-24-18(15)14-3-4-17(23-2)19-11-14/h3-4,11,13,15,18H,5-10,12H2,1-2H3,(H,20,22)/t15-,18+/m0/s1. The van der Waals surface area contributed by atoms with Crippen LogP contribution in [0.4, 0.5) is 0 Å². The van der Waals surface area contributed by atoms with Crippen LogP contribution in [0.5, 0.6) is 5.88 Å². The second kappa shape index (κ2) is 7.94. The predicted octanol–water partition coefficient (Wildman–Crippen LogP) is 1.77. The molecule has 0 aliphatic carbocycles. The van der Waals surface area contributed by atoms with Crippen LogP contribution in [0, 0.1) is 5.92 Å². The van der Waals surface area contributed by atoms with Crippen molar-refractivity contribution in [3.05, 3.63) is 23.9 Å². The maximum absolute atomic E-state index is 12.4. The number of nitrogens with zero attached hydrogens (tertiary/aromatic N) is 2. The van der Waals surface area contributed by atoms with Gasteiger partial charge in [0.15, 0.2) is 0 Å². The summed E-state index contributed by atoms with van der Waals surface area (Å²) in [6.07, 6.45) is 4.83. The Morgan fingerprint density at radius 3 is 2.83 bits per heavy atom. The minimum atomic E-state index is -0.131. The van der Waals surface area contributed by atoms with Gasteiger partial charge in [0.1, 0.15) is 6.10 Å². The normalized spacial score (nSPS) is 25.6. The number of carbonyl (C=O) groups is 1. The first kappa shape index (κ1) is 17.2. The van der Waals surface area contributed by atoms with Gasteiger partial charge in [0.05, 0.1) is 19.7 Å². The summed E-state index contributed by atoms with van der Waals surface area (Å²) >= 11 is 0. The number of hydrogen-bond acceptors (Lipinski definition) is 5. The number of likely N-dealkylation sites (tertiary alicyclic amines) is 1. The number of aromatic nitrogens is 1. The molecule has 0 unspecified atom stereocenters. The minimum absolute atomic E-state index is 0.0106. The Balaban J connectivity index is 1.54. The lowest BCUT2D eigenvalue weighted by Gasteiger charge is -2.30. The molecule has 1 amide bonds. The highest BCUT2D eigenvalue weighted by molar-refractivity contribution is 5.78. The van der Waals surface area contributed by atoms with E-state index in [1.165, 1.54) is 12.8 Å². The second-order valence-electron chi connectivity index (χ2n) is 6.85. The molecule has 0 aromatic carbocycles. The number of amides is 1. The van der Waals surface area contributed by atoms with Crippen LogP contribution in [-0.2, 0) is 9.53 Å². The second-order valence-corrected chi connectivity index (χ2v) is 6.85. The van der Waals surface area contributed by atoms with Crippen molar-refractivity contribution in [2.75, 3.05) is 33.4 Å². The molecule has 132 valence electrons. The van der Waals surface area contributed by atoms with E-state index < -0.39 is 0 Å². The Bertz CT molecular complexity index is 541. The van der Waals surface area contributed by atoms with Gasteiger partial charge in [-0.2, -0.15) is 0 Å². The first-order chi connectivity index (χ1) is 11.7. The minimum Gasteiger partial charge on any atom is -0.481 e. The maximum atomic E-state index is 12.4. The SMILES string of the molecule is COc1ccc([C@H]2OCC[C@@H]2NC(=O)CN2CCC(C)CC2)cn1. The van der Waals surface area contributed by atoms with Gasteiger partial charge in [-0.15, -0.1) is 0 Å². The summed E-state index contributed by atoms with van der Waals surface area (Å²) in [7, 11) is 1.60. The fraction of sp³-hybridized carbons (Fsp3) is 0.667. The molecule has 0 saturated carbocycles. The van der Waals surface area contributed by atoms with Crippen molar-refractivity contribution >= 4 is 5.91 Å². The van der Waals surface area contributed by atoms with Crippen molar-refractivity contribution < 1.29 is 14.3 Å². The van der Waals surface area contributed by atoms with Gasteiger partial charge in [-0.05, 0) is 44.3 Å². The van der Waals surface area contributed by atoms with E-state index in [4.69, 9.17) is 9.47 Å². The van der Waals surface area contributed by atoms with E-state index in [2.05, 4.69) is 22.1 Å². The van der Waals surface area contributed by atoms with Crippen LogP contribution in [0.2, 0.25) is 0 Å². The fourth-order valence-corrected chi connectivity index (χ4v) is 3.42. The molecular weight excluding hydrogens is 306 g/mol. The van der Waals surface area contributed by atoms with E-state index >= 15 is 0 Å². The number of pyridine rings is 1. The van der Waals surface area contributed by atoms with Crippen LogP contribution in [0.15, 0.2) is 18.3 Å². The molecule has 2 saturated heterocycles. The Morgan fingerprint density at radius 2 is 2.17 bits per heavy atom. The molecule has 1 N–H and O–H groups in total. The largest absolute Gasteiger partial charge is 0.481 e. The van der Waals surface area contributed by atoms with Gasteiger partial charge in [0.25, 0.3) is 0 Å². The zero-order valence-corrected chi connectivity index (χ0v) is 14.5. The van der Waals surface area contributed by atoms with Crippen molar-refractivity contribution in [1.29, 1.82) is 0 Å². The highest BCUT2D eigenvalue weighted by Crippen LogP contribution is 2.29. The molecule has 1 aromatic heterocycles. The summed E-state index contributed by atoms with van der Waals surface area (Å²) in [6, 6.07) is 3.79. The maximum Gasteiger partial charge on any atom is 0.234 e. The van der Waals surface area contributed by atoms with E-state index in [1.54, 1.807) is 13.3 Å². The van der Waals surface area contributed by atoms with Gasteiger partial charge in [0, 0.05) is 24.4 Å². The average Bonchev–Trinajstić information content (AvgIpc) is 3.05. The summed E-state index contributed by atoms with van der Waals surface area (Å²) in [6.45, 7) is 5.45. The Morgan fingerprint density at radius 1 is 1.38 bits per heavy atom. The lowest BCUT2D eigenvalue weighted by atomic mass is 9.99. The van der Waals surface area contributed by atoms with Gasteiger partial charge in [0.2, 0.25) is 11.8 Å². The molecule has 2 aliphatic heterocycles. The van der Waals surface area contributed by atoms with Crippen LogP contribution >= 0.6 is 0 Å². The molecule has 2 atom stereocenters. The Labute approximate surface area is 143 Å². The molecule has 3 rings (SSSR count). The highest BCUT2D eigenvalue weighted by atomic mass is 16.5. The van der Waals surface area contributed by atoms with Crippen molar-refractivity contribution in [2.24, 2.45) is 5.92 Å². The summed E-state index contributed by atoms with van der Waals surface area (Å²) in [5.74, 6) is 1.45. The molecule has 0 spiro atoms. The number of piperidine rings is 1. The third kappa shape index (κ3) is 4.24. The predicted molar refractivity (Wildman–Crippen MR) is 90.9 cm³/mol. The van der Waals surface area contributed by atoms with Crippen molar-refractivity contribution in [3.63, 3.8) is 0 Å². The fourth-order valence-electron chi connectivity index (χ4n) is 3.42. The number of ether oxygens (including phenoxy) is 2. The summed E-state index contributed by atoms with van der Waals surface area (Å²) in [4.78, 5) is 18.9. The molecule has 24 heavy (non-hydrogen) atoms. The molecule has 1 aromatic rings. The quantitative estimate of drug-likeness (QED) is 0.890. The van der Waals surface area contributed by atoms with Crippen molar-refractivity contribution in [3.8, 4) is 5.88 Å². The van der Waals surface area contributed by atoms with Crippen LogP contribution in [0.3, 0.4) is 0 Å². The molecule has 2 aliphatic rings. The Hall–Kier alpha value is -1.66. The lowest BCUT2D eigenvalue weighted by molar-refractivity contribution is -0.123. The number of nitrogens with one attached hydrogen (secondary N) is 1. The first-order valence-electron chi connectivity index (χ1n) is 8.79. The number of carbonyl (C=O) groups excluding carboxylic acids is 1. The molecule has 0 radical (unpaired) electrons. The molecule has 3 heterocycles. The zero-order chi connectivity index (χ0) is 16.9. The summed E-state index contributed by atoms with van der Waals surface area (Å²) in [5.41, 5.74) is 0.977. The number of methoxy groups -OCH3 is 1. The van der Waals surface area contributed by atoms with Crippen molar-refractivity contribution in [1.82, 2.24) is 15.2 Å². The van der Waals surface area contributed by atoms with Gasteiger partial charge >= 0.3 is 0 Å². The van der Waals surface area contributed by atoms with E-state index in [0.717, 1.165) is 31.0 Å². The van der Waals surface area contributed by atoms with Crippen molar-refractivity contribution in [2.45, 2.75) is 38.3 Å². The van der Waals surface area contributed by atoms with Crippen LogP contribution in [-0.4, -0.2) is 55.2 Å². The third-order valence-corrected chi connectivity index (χ3v) is 4.98. The third-order valence-electron chi connectivity index (χ3n) is 4.98. The van der Waals surface area contributed by atoms with E-state index in [-0.39, 0.29) is 18.1 Å². The zero-order valence-electron chi connectivity index (χ0n) is 14.5. The number of rotatable bonds is 5. The number of hydrogen-bond donors (Lipinski definition) is 1. The van der Waals surface area contributed by atoms with Crippen LogP contribution < -0.4 is 10.1 Å². The molecule has 6 heteroatoms. The average molecular weight is 333 g/mol. The molecule has 2 fully saturated rings. The topological polar surface area (TPSA) is 63.7 Å². The van der Waals surface area contributed by atoms with Gasteiger partial charge in [-0.3, -0.25) is 9.69 Å². The van der Waals surface area contributed by atoms with Crippen LogP contribution in [0.1, 0.15) is 37.9 Å². The Kier molecular flexibility index (Phi) is 5.68. The van der Waals surface area contributed by atoms with Gasteiger partial charge < -0.3 is 14.8 Å². The van der Waals surface area contributed by atoms with Gasteiger partial charge in [-0.25, -0.2) is 4.98 Å². The molecule has 0 bridgehead atoms. The smallest absolute Gasteiger partial charge is 0.234 e. The summed E-state index contributed by atoms with van der Waals surface area (Å²) < 4.78 is 10.9. The van der Waals surface area contributed by atoms with Crippen LogP contribution in [0.25, 0.3) is 0 Å². The first-order valence-corrected chi connectivity index (χ1v) is 8.79. The molecule has 6 nitrogen and oxygen atoms in total. The summed E-state index contributed by atoms with van der Waals surface area (Å²) in [5, 5.41) is 3.15. The monoisotopic (exact) mass is 333 g/mol. The van der Waals surface area contributed by atoms with E-state index in [0.29, 0.717) is 19.0 Å². The van der Waals surface area contributed by atoms with E-state index in [9.17, 15) is 4.79 Å². The van der Waals surface area contributed by atoms with E-state index in [1.807, 2.05) is 12.1 Å². The lowest BCUT2D eigenvalue weighted by Crippen LogP contribution is -2.45. The highest BCUT2D eigenvalue weighted by Gasteiger charge is 2.31. The molecular formula is C18H27N3O3.